The predicted molar refractivity (Wildman–Crippen MR) is 135 cm³/mol. The van der Waals surface area contributed by atoms with Crippen molar-refractivity contribution in [3.05, 3.63) is 53.6 Å². The topological polar surface area (TPSA) is 65.2 Å². The summed E-state index contributed by atoms with van der Waals surface area (Å²) in [4.78, 5) is 2.33. The lowest BCUT2D eigenvalue weighted by Gasteiger charge is -2.31. The Balaban J connectivity index is 1.58. The lowest BCUT2D eigenvalue weighted by molar-refractivity contribution is 0.151. The molecular weight excluding hydrogens is 418 g/mol. The van der Waals surface area contributed by atoms with Crippen LogP contribution in [0.2, 0.25) is 0 Å². The summed E-state index contributed by atoms with van der Waals surface area (Å²) in [6.07, 6.45) is 6.29. The smallest absolute Gasteiger partial charge is 0.221 e. The zero-order valence-electron chi connectivity index (χ0n) is 19.0. The van der Waals surface area contributed by atoms with Crippen molar-refractivity contribution in [2.75, 3.05) is 12.4 Å². The van der Waals surface area contributed by atoms with Crippen LogP contribution in [-0.4, -0.2) is 32.8 Å². The summed E-state index contributed by atoms with van der Waals surface area (Å²) >= 11 is 5.40. The van der Waals surface area contributed by atoms with E-state index in [0.29, 0.717) is 18.4 Å². The molecule has 0 spiro atoms. The number of nitrogens with one attached hydrogen (secondary N) is 1. The maximum Gasteiger partial charge on any atom is 0.221 e. The molecule has 0 aliphatic heterocycles. The van der Waals surface area contributed by atoms with Gasteiger partial charge in [-0.25, -0.2) is 0 Å². The van der Waals surface area contributed by atoms with Gasteiger partial charge in [-0.05, 0) is 69.2 Å². The first-order valence-electron chi connectivity index (χ1n) is 11.2. The molecule has 0 atom stereocenters. The van der Waals surface area contributed by atoms with Crippen LogP contribution in [0.3, 0.4) is 0 Å². The normalized spacial score (nSPS) is 15.1. The second kappa shape index (κ2) is 9.79. The van der Waals surface area contributed by atoms with Crippen LogP contribution in [0.15, 0.2) is 52.7 Å². The predicted octanol–water partition coefficient (Wildman–Crippen LogP) is 6.67. The van der Waals surface area contributed by atoms with Gasteiger partial charge in [-0.3, -0.25) is 9.47 Å². The Morgan fingerprint density at radius 3 is 2.66 bits per heavy atom. The van der Waals surface area contributed by atoms with Crippen molar-refractivity contribution in [1.29, 1.82) is 0 Å². The van der Waals surface area contributed by atoms with E-state index in [1.807, 2.05) is 47.9 Å². The van der Waals surface area contributed by atoms with Crippen molar-refractivity contribution < 1.29 is 5.11 Å². The number of azo groups is 1. The van der Waals surface area contributed by atoms with E-state index in [-0.39, 0.29) is 11.0 Å². The van der Waals surface area contributed by atoms with E-state index >= 15 is 0 Å². The SMILES string of the molecule is Cc1cccc(NC(=S)N=Nc2c(O)n(CN(C)C3CCCCC3)c3ccccc23)c1C. The molecule has 2 N–H and O–H groups in total. The zero-order valence-corrected chi connectivity index (χ0v) is 19.8. The van der Waals surface area contributed by atoms with Crippen LogP contribution < -0.4 is 5.32 Å². The maximum atomic E-state index is 11.1. The van der Waals surface area contributed by atoms with Crippen molar-refractivity contribution in [3.63, 3.8) is 0 Å². The molecule has 1 aliphatic carbocycles. The summed E-state index contributed by atoms with van der Waals surface area (Å²) in [6.45, 7) is 4.71. The number of rotatable bonds is 5. The number of fused-ring (bicyclic) bond motifs is 1. The molecule has 1 aromatic heterocycles. The summed E-state index contributed by atoms with van der Waals surface area (Å²) in [5, 5.41) is 23.9. The average molecular weight is 450 g/mol. The van der Waals surface area contributed by atoms with E-state index in [0.717, 1.165) is 22.2 Å². The van der Waals surface area contributed by atoms with Gasteiger partial charge in [0.05, 0.1) is 12.2 Å². The van der Waals surface area contributed by atoms with Crippen molar-refractivity contribution in [1.82, 2.24) is 9.47 Å². The number of aryl methyl sites for hydroxylation is 1. The Kier molecular flexibility index (Phi) is 6.86. The number of hydrogen-bond acceptors (Lipinski definition) is 4. The Bertz CT molecular complexity index is 1150. The number of aromatic nitrogens is 1. The summed E-state index contributed by atoms with van der Waals surface area (Å²) in [5.74, 6) is 0.118. The largest absolute Gasteiger partial charge is 0.493 e. The van der Waals surface area contributed by atoms with Gasteiger partial charge in [0.15, 0.2) is 5.69 Å². The molecule has 7 heteroatoms. The van der Waals surface area contributed by atoms with Crippen LogP contribution in [0.25, 0.3) is 10.9 Å². The minimum atomic E-state index is 0.118. The van der Waals surface area contributed by atoms with Gasteiger partial charge in [-0.1, -0.05) is 49.6 Å². The molecule has 0 saturated heterocycles. The van der Waals surface area contributed by atoms with E-state index in [2.05, 4.69) is 40.5 Å². The van der Waals surface area contributed by atoms with E-state index < -0.39 is 0 Å². The summed E-state index contributed by atoms with van der Waals surface area (Å²) in [5.41, 5.74) is 4.60. The first kappa shape index (κ1) is 22.4. The quantitative estimate of drug-likeness (QED) is 0.337. The number of anilines is 1. The number of nitrogens with zero attached hydrogens (tertiary/aromatic N) is 4. The van der Waals surface area contributed by atoms with Gasteiger partial charge >= 0.3 is 0 Å². The monoisotopic (exact) mass is 449 g/mol. The molecule has 0 unspecified atom stereocenters. The average Bonchev–Trinajstić information content (AvgIpc) is 3.07. The lowest BCUT2D eigenvalue weighted by atomic mass is 9.95. The summed E-state index contributed by atoms with van der Waals surface area (Å²) < 4.78 is 1.92. The first-order valence-corrected chi connectivity index (χ1v) is 11.7. The second-order valence-electron chi connectivity index (χ2n) is 8.69. The Morgan fingerprint density at radius 1 is 1.12 bits per heavy atom. The number of benzene rings is 2. The van der Waals surface area contributed by atoms with Gasteiger partial charge < -0.3 is 10.4 Å². The molecule has 2 aromatic carbocycles. The molecular formula is C25H31N5OS. The minimum absolute atomic E-state index is 0.118. The molecule has 0 bridgehead atoms. The fourth-order valence-corrected chi connectivity index (χ4v) is 4.65. The third-order valence-corrected chi connectivity index (χ3v) is 6.75. The second-order valence-corrected chi connectivity index (χ2v) is 9.07. The van der Waals surface area contributed by atoms with Crippen LogP contribution in [0.5, 0.6) is 5.88 Å². The summed E-state index contributed by atoms with van der Waals surface area (Å²) in [7, 11) is 2.13. The van der Waals surface area contributed by atoms with Crippen LogP contribution in [0.4, 0.5) is 11.4 Å². The molecule has 0 radical (unpaired) electrons. The molecule has 32 heavy (non-hydrogen) atoms. The van der Waals surface area contributed by atoms with Gasteiger partial charge in [0.1, 0.15) is 0 Å². The van der Waals surface area contributed by atoms with E-state index in [1.165, 1.54) is 37.7 Å². The highest BCUT2D eigenvalue weighted by Crippen LogP contribution is 2.39. The van der Waals surface area contributed by atoms with Gasteiger partial charge in [0.25, 0.3) is 0 Å². The van der Waals surface area contributed by atoms with E-state index in [1.54, 1.807) is 0 Å². The van der Waals surface area contributed by atoms with Crippen LogP contribution in [0, 0.1) is 13.8 Å². The molecule has 1 aliphatic rings. The Hall–Kier alpha value is -2.77. The molecule has 1 saturated carbocycles. The number of hydrogen-bond donors (Lipinski definition) is 2. The zero-order chi connectivity index (χ0) is 22.7. The van der Waals surface area contributed by atoms with Crippen molar-refractivity contribution in [3.8, 4) is 5.88 Å². The molecule has 6 nitrogen and oxygen atoms in total. The third kappa shape index (κ3) is 4.69. The highest BCUT2D eigenvalue weighted by molar-refractivity contribution is 7.80. The first-order chi connectivity index (χ1) is 15.5. The molecule has 3 aromatic rings. The molecule has 168 valence electrons. The van der Waals surface area contributed by atoms with Crippen LogP contribution >= 0.6 is 12.2 Å². The van der Waals surface area contributed by atoms with Gasteiger partial charge in [-0.2, -0.15) is 0 Å². The molecule has 1 heterocycles. The third-order valence-electron chi connectivity index (χ3n) is 6.57. The Labute approximate surface area is 195 Å². The van der Waals surface area contributed by atoms with Gasteiger partial charge in [0, 0.05) is 17.1 Å². The standard InChI is InChI=1S/C25H31N5OS/c1-17-10-9-14-21(18(17)2)26-25(32)28-27-23-20-13-7-8-15-22(20)30(24(23)31)16-29(3)19-11-5-4-6-12-19/h7-10,13-15,19,31H,4-6,11-12,16H2,1-3H3,(H,26,32). The van der Waals surface area contributed by atoms with Crippen LogP contribution in [0.1, 0.15) is 43.2 Å². The van der Waals surface area contributed by atoms with Crippen molar-refractivity contribution in [2.45, 2.75) is 58.7 Å². The van der Waals surface area contributed by atoms with Gasteiger partial charge in [-0.15, -0.1) is 10.2 Å². The maximum absolute atomic E-state index is 11.1. The molecule has 4 rings (SSSR count). The number of para-hydroxylation sites is 1. The Morgan fingerprint density at radius 2 is 1.88 bits per heavy atom. The highest BCUT2D eigenvalue weighted by Gasteiger charge is 2.22. The highest BCUT2D eigenvalue weighted by atomic mass is 32.1. The minimum Gasteiger partial charge on any atom is -0.493 e. The van der Waals surface area contributed by atoms with Crippen LogP contribution in [-0.2, 0) is 6.67 Å². The number of aromatic hydroxyl groups is 1. The summed E-state index contributed by atoms with van der Waals surface area (Å²) in [6, 6.07) is 14.4. The fraction of sp³-hybridized carbons (Fsp3) is 0.400. The van der Waals surface area contributed by atoms with Crippen molar-refractivity contribution in [2.24, 2.45) is 10.2 Å². The fourth-order valence-electron chi connectivity index (χ4n) is 4.50. The van der Waals surface area contributed by atoms with Gasteiger partial charge in [0.2, 0.25) is 11.0 Å². The van der Waals surface area contributed by atoms with E-state index in [4.69, 9.17) is 12.2 Å². The molecule has 0 amide bonds. The lowest BCUT2D eigenvalue weighted by Crippen LogP contribution is -2.34. The number of thiocarbonyl (C=S) groups is 1. The molecule has 1 fully saturated rings. The van der Waals surface area contributed by atoms with Crippen molar-refractivity contribution >= 4 is 39.6 Å². The van der Waals surface area contributed by atoms with E-state index in [9.17, 15) is 5.11 Å².